The number of hydrogen-bond acceptors (Lipinski definition) is 5. The predicted octanol–water partition coefficient (Wildman–Crippen LogP) is 12.6. The summed E-state index contributed by atoms with van der Waals surface area (Å²) in [4.78, 5) is 15.7. The Hall–Kier alpha value is -7.11. The predicted molar refractivity (Wildman–Crippen MR) is 211 cm³/mol. The van der Waals surface area contributed by atoms with E-state index in [1.807, 2.05) is 36.4 Å². The molecule has 0 bridgehead atoms. The first-order chi connectivity index (χ1) is 25.7. The van der Waals surface area contributed by atoms with E-state index in [0.717, 1.165) is 93.2 Å². The minimum atomic E-state index is 0.582. The van der Waals surface area contributed by atoms with Crippen LogP contribution in [0.1, 0.15) is 0 Å². The Morgan fingerprint density at radius 2 is 1.02 bits per heavy atom. The number of fused-ring (bicyclic) bond motifs is 9. The molecule has 52 heavy (non-hydrogen) atoms. The van der Waals surface area contributed by atoms with Gasteiger partial charge in [-0.25, -0.2) is 15.0 Å². The Kier molecular flexibility index (Phi) is 6.18. The van der Waals surface area contributed by atoms with Gasteiger partial charge in [0.2, 0.25) is 0 Å². The first-order valence-corrected chi connectivity index (χ1v) is 17.3. The van der Waals surface area contributed by atoms with Crippen molar-refractivity contribution in [3.63, 3.8) is 0 Å². The van der Waals surface area contributed by atoms with Gasteiger partial charge < -0.3 is 8.83 Å². The normalized spacial score (nSPS) is 11.8. The second-order valence-corrected chi connectivity index (χ2v) is 13.2. The maximum Gasteiger partial charge on any atom is 0.164 e. The number of benzene rings is 8. The van der Waals surface area contributed by atoms with Gasteiger partial charge in [-0.05, 0) is 63.7 Å². The Labute approximate surface area is 297 Å². The number of hydrogen-bond donors (Lipinski definition) is 0. The second-order valence-electron chi connectivity index (χ2n) is 13.2. The average molecular weight is 666 g/mol. The van der Waals surface area contributed by atoms with E-state index in [-0.39, 0.29) is 0 Å². The molecule has 0 atom stereocenters. The van der Waals surface area contributed by atoms with Gasteiger partial charge in [0, 0.05) is 43.6 Å². The molecular formula is C47H27N3O2. The molecule has 0 saturated carbocycles. The zero-order valence-electron chi connectivity index (χ0n) is 27.7. The quantitative estimate of drug-likeness (QED) is 0.187. The van der Waals surface area contributed by atoms with E-state index in [1.54, 1.807) is 0 Å². The van der Waals surface area contributed by atoms with E-state index in [4.69, 9.17) is 23.8 Å². The third-order valence-corrected chi connectivity index (χ3v) is 10.1. The summed E-state index contributed by atoms with van der Waals surface area (Å²) < 4.78 is 12.9. The first kappa shape index (κ1) is 28.7. The standard InChI is InChI=1S/C47H27N3O2/c1-2-11-28(12-3-1)31-23-24-34-38-27-39(33-15-6-7-16-35(33)44(38)52-42(34)26-31)47-49-45(32-22-21-29-13-4-5-14-30(29)25-32)48-46(50-47)37-18-10-20-41-43(37)36-17-8-9-19-40(36)51-41/h1-27H. The van der Waals surface area contributed by atoms with Crippen molar-refractivity contribution in [2.45, 2.75) is 0 Å². The van der Waals surface area contributed by atoms with Crippen LogP contribution in [0, 0.1) is 0 Å². The Bertz CT molecular complexity index is 3190. The third kappa shape index (κ3) is 4.46. The lowest BCUT2D eigenvalue weighted by Gasteiger charge is -2.12. The van der Waals surface area contributed by atoms with Gasteiger partial charge in [0.15, 0.2) is 17.5 Å². The lowest BCUT2D eigenvalue weighted by molar-refractivity contribution is 0.669. The van der Waals surface area contributed by atoms with Crippen molar-refractivity contribution < 1.29 is 8.83 Å². The Morgan fingerprint density at radius 3 is 1.90 bits per heavy atom. The zero-order chi connectivity index (χ0) is 34.2. The van der Waals surface area contributed by atoms with Crippen LogP contribution in [0.5, 0.6) is 0 Å². The van der Waals surface area contributed by atoms with Crippen LogP contribution in [0.3, 0.4) is 0 Å². The molecule has 11 rings (SSSR count). The summed E-state index contributed by atoms with van der Waals surface area (Å²) in [5, 5.41) is 8.35. The molecule has 0 aliphatic rings. The van der Waals surface area contributed by atoms with Crippen molar-refractivity contribution in [3.05, 3.63) is 164 Å². The fourth-order valence-electron chi connectivity index (χ4n) is 7.63. The summed E-state index contributed by atoms with van der Waals surface area (Å²) in [6, 6.07) is 56.3. The van der Waals surface area contributed by atoms with Crippen LogP contribution in [-0.2, 0) is 0 Å². The molecule has 0 aliphatic carbocycles. The molecule has 0 fully saturated rings. The Morgan fingerprint density at radius 1 is 0.327 bits per heavy atom. The minimum absolute atomic E-state index is 0.582. The number of rotatable bonds is 4. The van der Waals surface area contributed by atoms with E-state index >= 15 is 0 Å². The molecule has 0 N–H and O–H groups in total. The second kappa shape index (κ2) is 11.2. The highest BCUT2D eigenvalue weighted by atomic mass is 16.3. The summed E-state index contributed by atoms with van der Waals surface area (Å²) >= 11 is 0. The highest BCUT2D eigenvalue weighted by Gasteiger charge is 2.21. The van der Waals surface area contributed by atoms with Crippen LogP contribution >= 0.6 is 0 Å². The van der Waals surface area contributed by atoms with Crippen LogP contribution in [0.2, 0.25) is 0 Å². The van der Waals surface area contributed by atoms with Crippen molar-refractivity contribution in [3.8, 4) is 45.3 Å². The van der Waals surface area contributed by atoms with Crippen molar-refractivity contribution in [1.82, 2.24) is 15.0 Å². The highest BCUT2D eigenvalue weighted by Crippen LogP contribution is 2.42. The molecule has 5 heteroatoms. The topological polar surface area (TPSA) is 65.0 Å². The van der Waals surface area contributed by atoms with Gasteiger partial charge in [-0.2, -0.15) is 0 Å². The summed E-state index contributed by atoms with van der Waals surface area (Å²) in [5.74, 6) is 1.77. The minimum Gasteiger partial charge on any atom is -0.456 e. The zero-order valence-corrected chi connectivity index (χ0v) is 27.7. The van der Waals surface area contributed by atoms with Crippen LogP contribution in [-0.4, -0.2) is 15.0 Å². The molecule has 11 aromatic rings. The molecule has 5 nitrogen and oxygen atoms in total. The van der Waals surface area contributed by atoms with Gasteiger partial charge in [0.25, 0.3) is 0 Å². The maximum atomic E-state index is 6.66. The average Bonchev–Trinajstić information content (AvgIpc) is 3.79. The molecular weight excluding hydrogens is 639 g/mol. The Balaban J connectivity index is 1.19. The summed E-state index contributed by atoms with van der Waals surface area (Å²) in [5.41, 5.74) is 8.28. The molecule has 3 aromatic heterocycles. The fraction of sp³-hybridized carbons (Fsp3) is 0. The van der Waals surface area contributed by atoms with Crippen LogP contribution in [0.4, 0.5) is 0 Å². The van der Waals surface area contributed by atoms with Crippen molar-refractivity contribution >= 4 is 65.4 Å². The summed E-state index contributed by atoms with van der Waals surface area (Å²) in [6.07, 6.45) is 0. The van der Waals surface area contributed by atoms with E-state index in [9.17, 15) is 0 Å². The van der Waals surface area contributed by atoms with Crippen LogP contribution in [0.15, 0.2) is 173 Å². The largest absolute Gasteiger partial charge is 0.456 e. The smallest absolute Gasteiger partial charge is 0.164 e. The van der Waals surface area contributed by atoms with Gasteiger partial charge >= 0.3 is 0 Å². The first-order valence-electron chi connectivity index (χ1n) is 17.3. The molecule has 3 heterocycles. The van der Waals surface area contributed by atoms with E-state index in [1.165, 1.54) is 0 Å². The van der Waals surface area contributed by atoms with Gasteiger partial charge in [-0.3, -0.25) is 0 Å². The number of furan rings is 2. The molecule has 0 spiro atoms. The lowest BCUT2D eigenvalue weighted by Crippen LogP contribution is -2.01. The van der Waals surface area contributed by atoms with Gasteiger partial charge in [0.1, 0.15) is 22.3 Å². The maximum absolute atomic E-state index is 6.66. The number of para-hydroxylation sites is 1. The molecule has 0 amide bonds. The highest BCUT2D eigenvalue weighted by molar-refractivity contribution is 6.19. The van der Waals surface area contributed by atoms with Crippen molar-refractivity contribution in [2.24, 2.45) is 0 Å². The number of aromatic nitrogens is 3. The van der Waals surface area contributed by atoms with Crippen LogP contribution < -0.4 is 0 Å². The van der Waals surface area contributed by atoms with E-state index in [0.29, 0.717) is 17.5 Å². The fourth-order valence-corrected chi connectivity index (χ4v) is 7.63. The van der Waals surface area contributed by atoms with Gasteiger partial charge in [-0.1, -0.05) is 127 Å². The summed E-state index contributed by atoms with van der Waals surface area (Å²) in [7, 11) is 0. The van der Waals surface area contributed by atoms with Crippen molar-refractivity contribution in [1.29, 1.82) is 0 Å². The molecule has 0 saturated heterocycles. The SMILES string of the molecule is c1ccc(-c2ccc3c(c2)oc2c4ccccc4c(-c4nc(-c5ccc6ccccc6c5)nc(-c5cccc6oc7ccccc7c56)n4)cc32)cc1. The third-order valence-electron chi connectivity index (χ3n) is 10.1. The monoisotopic (exact) mass is 665 g/mol. The number of nitrogens with zero attached hydrogens (tertiary/aromatic N) is 3. The van der Waals surface area contributed by atoms with Gasteiger partial charge in [0.05, 0.1) is 0 Å². The summed E-state index contributed by atoms with van der Waals surface area (Å²) in [6.45, 7) is 0. The van der Waals surface area contributed by atoms with E-state index in [2.05, 4.69) is 127 Å². The molecule has 0 unspecified atom stereocenters. The molecule has 0 aliphatic heterocycles. The van der Waals surface area contributed by atoms with Crippen LogP contribution in [0.25, 0.3) is 111 Å². The lowest BCUT2D eigenvalue weighted by atomic mass is 9.98. The molecule has 242 valence electrons. The van der Waals surface area contributed by atoms with Crippen molar-refractivity contribution in [2.75, 3.05) is 0 Å². The van der Waals surface area contributed by atoms with Gasteiger partial charge in [-0.15, -0.1) is 0 Å². The molecule has 8 aromatic carbocycles. The molecule has 0 radical (unpaired) electrons. The van der Waals surface area contributed by atoms with E-state index < -0.39 is 0 Å².